The number of methoxy groups -OCH3 is 1. The average molecular weight is 276 g/mol. The highest BCUT2D eigenvalue weighted by atomic mass is 32.1. The molecule has 0 bridgehead atoms. The summed E-state index contributed by atoms with van der Waals surface area (Å²) in [5, 5.41) is 7.55. The van der Waals surface area contributed by atoms with Crippen molar-refractivity contribution in [3.05, 3.63) is 35.5 Å². The Morgan fingerprint density at radius 3 is 2.68 bits per heavy atom. The Kier molecular flexibility index (Phi) is 3.71. The van der Waals surface area contributed by atoms with Gasteiger partial charge in [0, 0.05) is 24.7 Å². The molecule has 5 nitrogen and oxygen atoms in total. The van der Waals surface area contributed by atoms with Crippen LogP contribution >= 0.6 is 12.2 Å². The van der Waals surface area contributed by atoms with E-state index in [-0.39, 0.29) is 0 Å². The normalized spacial score (nSPS) is 10.3. The Morgan fingerprint density at radius 1 is 1.42 bits per heavy atom. The van der Waals surface area contributed by atoms with E-state index in [1.807, 2.05) is 38.2 Å². The Bertz CT molecular complexity index is 621. The topological polar surface area (TPSA) is 65.1 Å². The molecule has 2 rings (SSSR count). The van der Waals surface area contributed by atoms with E-state index >= 15 is 0 Å². The summed E-state index contributed by atoms with van der Waals surface area (Å²) >= 11 is 5.06. The molecule has 0 radical (unpaired) electrons. The van der Waals surface area contributed by atoms with Crippen LogP contribution in [-0.4, -0.2) is 21.9 Å². The van der Waals surface area contributed by atoms with Crippen LogP contribution < -0.4 is 15.8 Å². The molecule has 0 fully saturated rings. The van der Waals surface area contributed by atoms with Gasteiger partial charge in [-0.05, 0) is 19.1 Å². The maximum Gasteiger partial charge on any atom is 0.128 e. The summed E-state index contributed by atoms with van der Waals surface area (Å²) < 4.78 is 6.98. The number of aromatic nitrogens is 2. The summed E-state index contributed by atoms with van der Waals surface area (Å²) in [5.74, 6) is 1.60. The van der Waals surface area contributed by atoms with E-state index in [9.17, 15) is 0 Å². The first-order chi connectivity index (χ1) is 9.01. The molecular weight excluding hydrogens is 260 g/mol. The van der Waals surface area contributed by atoms with Gasteiger partial charge in [0.1, 0.15) is 16.6 Å². The molecule has 100 valence electrons. The van der Waals surface area contributed by atoms with Gasteiger partial charge in [-0.25, -0.2) is 0 Å². The summed E-state index contributed by atoms with van der Waals surface area (Å²) in [6.07, 6.45) is 0. The second-order valence-electron chi connectivity index (χ2n) is 4.20. The molecule has 19 heavy (non-hydrogen) atoms. The standard InChI is InChI=1S/C13H16N4OS/c1-8-6-12(17(2)16-8)15-11-7-9(18-3)4-5-10(11)13(14)19/h4-7,15H,1-3H3,(H2,14,19). The molecule has 0 unspecified atom stereocenters. The Balaban J connectivity index is 2.42. The third-order valence-electron chi connectivity index (χ3n) is 2.76. The Morgan fingerprint density at radius 2 is 2.16 bits per heavy atom. The number of ether oxygens (including phenoxy) is 1. The summed E-state index contributed by atoms with van der Waals surface area (Å²) in [6, 6.07) is 7.47. The molecule has 0 atom stereocenters. The van der Waals surface area contributed by atoms with Crippen LogP contribution in [0.2, 0.25) is 0 Å². The van der Waals surface area contributed by atoms with Crippen LogP contribution in [0.3, 0.4) is 0 Å². The number of aryl methyl sites for hydroxylation is 2. The minimum Gasteiger partial charge on any atom is -0.497 e. The summed E-state index contributed by atoms with van der Waals surface area (Å²) in [4.78, 5) is 0.337. The molecule has 0 amide bonds. The van der Waals surface area contributed by atoms with E-state index in [4.69, 9.17) is 22.7 Å². The summed E-state index contributed by atoms with van der Waals surface area (Å²) in [6.45, 7) is 1.94. The first-order valence-corrected chi connectivity index (χ1v) is 6.17. The fourth-order valence-electron chi connectivity index (χ4n) is 1.83. The van der Waals surface area contributed by atoms with Crippen LogP contribution in [0.25, 0.3) is 0 Å². The van der Waals surface area contributed by atoms with E-state index < -0.39 is 0 Å². The van der Waals surface area contributed by atoms with Gasteiger partial charge < -0.3 is 15.8 Å². The van der Waals surface area contributed by atoms with Crippen molar-refractivity contribution in [1.29, 1.82) is 0 Å². The van der Waals surface area contributed by atoms with Gasteiger partial charge in [-0.1, -0.05) is 12.2 Å². The molecule has 2 aromatic rings. The Labute approximate surface area is 117 Å². The van der Waals surface area contributed by atoms with E-state index in [1.165, 1.54) is 0 Å². The molecule has 0 saturated heterocycles. The van der Waals surface area contributed by atoms with Gasteiger partial charge in [0.2, 0.25) is 0 Å². The van der Waals surface area contributed by atoms with E-state index in [2.05, 4.69) is 10.4 Å². The molecule has 0 aliphatic carbocycles. The lowest BCUT2D eigenvalue weighted by atomic mass is 10.1. The number of thiocarbonyl (C=S) groups is 1. The molecule has 0 saturated carbocycles. The highest BCUT2D eigenvalue weighted by Crippen LogP contribution is 2.26. The number of nitrogens with one attached hydrogen (secondary N) is 1. The predicted molar refractivity (Wildman–Crippen MR) is 80.1 cm³/mol. The zero-order chi connectivity index (χ0) is 14.0. The van der Waals surface area contributed by atoms with Gasteiger partial charge in [-0.15, -0.1) is 0 Å². The van der Waals surface area contributed by atoms with Crippen LogP contribution in [0.15, 0.2) is 24.3 Å². The van der Waals surface area contributed by atoms with Crippen LogP contribution in [0.5, 0.6) is 5.75 Å². The van der Waals surface area contributed by atoms with Crippen LogP contribution in [0, 0.1) is 6.92 Å². The fourth-order valence-corrected chi connectivity index (χ4v) is 2.01. The van der Waals surface area contributed by atoms with E-state index in [1.54, 1.807) is 11.8 Å². The number of rotatable bonds is 4. The minimum atomic E-state index is 0.337. The van der Waals surface area contributed by atoms with Gasteiger partial charge in [-0.2, -0.15) is 5.10 Å². The molecule has 1 aromatic heterocycles. The largest absolute Gasteiger partial charge is 0.497 e. The summed E-state index contributed by atoms with van der Waals surface area (Å²) in [5.41, 5.74) is 8.24. The SMILES string of the molecule is COc1ccc(C(N)=S)c(Nc2cc(C)nn2C)c1. The van der Waals surface area contributed by atoms with Crippen LogP contribution in [0.4, 0.5) is 11.5 Å². The molecule has 1 aromatic carbocycles. The van der Waals surface area contributed by atoms with Gasteiger partial charge in [0.05, 0.1) is 18.5 Å². The number of anilines is 2. The van der Waals surface area contributed by atoms with Gasteiger partial charge in [0.15, 0.2) is 0 Å². The number of nitrogens with two attached hydrogens (primary N) is 1. The number of benzene rings is 1. The maximum atomic E-state index is 5.73. The zero-order valence-corrected chi connectivity index (χ0v) is 11.9. The second-order valence-corrected chi connectivity index (χ2v) is 4.64. The Hall–Kier alpha value is -2.08. The van der Waals surface area contributed by atoms with Gasteiger partial charge in [-0.3, -0.25) is 4.68 Å². The van der Waals surface area contributed by atoms with Crippen molar-refractivity contribution >= 4 is 28.7 Å². The summed E-state index contributed by atoms with van der Waals surface area (Å²) in [7, 11) is 3.49. The fraction of sp³-hybridized carbons (Fsp3) is 0.231. The average Bonchev–Trinajstić information content (AvgIpc) is 2.67. The first-order valence-electron chi connectivity index (χ1n) is 5.76. The minimum absolute atomic E-state index is 0.337. The number of nitrogens with zero attached hydrogens (tertiary/aromatic N) is 2. The smallest absolute Gasteiger partial charge is 0.128 e. The van der Waals surface area contributed by atoms with E-state index in [0.29, 0.717) is 4.99 Å². The van der Waals surface area contributed by atoms with E-state index in [0.717, 1.165) is 28.5 Å². The van der Waals surface area contributed by atoms with Crippen molar-refractivity contribution < 1.29 is 4.74 Å². The monoisotopic (exact) mass is 276 g/mol. The highest BCUT2D eigenvalue weighted by Gasteiger charge is 2.09. The molecular formula is C13H16N4OS. The lowest BCUT2D eigenvalue weighted by Crippen LogP contribution is -2.12. The molecule has 0 spiro atoms. The van der Waals surface area contributed by atoms with Crippen LogP contribution in [0.1, 0.15) is 11.3 Å². The quantitative estimate of drug-likeness (QED) is 0.837. The number of hydrogen-bond acceptors (Lipinski definition) is 4. The lowest BCUT2D eigenvalue weighted by Gasteiger charge is -2.12. The van der Waals surface area contributed by atoms with Crippen molar-refractivity contribution in [2.75, 3.05) is 12.4 Å². The first kappa shape index (κ1) is 13.4. The molecule has 0 aliphatic heterocycles. The lowest BCUT2D eigenvalue weighted by molar-refractivity contribution is 0.415. The molecule has 6 heteroatoms. The maximum absolute atomic E-state index is 5.73. The van der Waals surface area contributed by atoms with Crippen molar-refractivity contribution in [1.82, 2.24) is 9.78 Å². The van der Waals surface area contributed by atoms with Crippen molar-refractivity contribution in [3.8, 4) is 5.75 Å². The van der Waals surface area contributed by atoms with Gasteiger partial charge in [0.25, 0.3) is 0 Å². The predicted octanol–water partition coefficient (Wildman–Crippen LogP) is 2.11. The molecule has 0 aliphatic rings. The zero-order valence-electron chi connectivity index (χ0n) is 11.1. The van der Waals surface area contributed by atoms with Crippen molar-refractivity contribution in [2.45, 2.75) is 6.92 Å². The highest BCUT2D eigenvalue weighted by molar-refractivity contribution is 7.80. The molecule has 3 N–H and O–H groups in total. The third-order valence-corrected chi connectivity index (χ3v) is 2.98. The second kappa shape index (κ2) is 5.27. The number of hydrogen-bond donors (Lipinski definition) is 2. The van der Waals surface area contributed by atoms with Gasteiger partial charge >= 0.3 is 0 Å². The molecule has 1 heterocycles. The van der Waals surface area contributed by atoms with Crippen molar-refractivity contribution in [3.63, 3.8) is 0 Å². The third kappa shape index (κ3) is 2.85. The van der Waals surface area contributed by atoms with Crippen molar-refractivity contribution in [2.24, 2.45) is 12.8 Å². The van der Waals surface area contributed by atoms with Crippen LogP contribution in [-0.2, 0) is 7.05 Å².